The van der Waals surface area contributed by atoms with Crippen molar-refractivity contribution in [2.75, 3.05) is 6.61 Å². The molecule has 2 aromatic rings. The lowest BCUT2D eigenvalue weighted by Gasteiger charge is -2.10. The highest BCUT2D eigenvalue weighted by Crippen LogP contribution is 2.31. The van der Waals surface area contributed by atoms with Crippen molar-refractivity contribution in [2.24, 2.45) is 0 Å². The fourth-order valence-electron chi connectivity index (χ4n) is 1.64. The Kier molecular flexibility index (Phi) is 5.18. The van der Waals surface area contributed by atoms with Crippen molar-refractivity contribution in [3.05, 3.63) is 52.5 Å². The lowest BCUT2D eigenvalue weighted by atomic mass is 10.2. The van der Waals surface area contributed by atoms with Gasteiger partial charge in [-0.15, -0.1) is 0 Å². The molecular formula is C13H10BrClFNO3S. The molecule has 0 aliphatic heterocycles. The lowest BCUT2D eigenvalue weighted by molar-refractivity contribution is 0.317. The Hall–Kier alpha value is -1.18. The highest BCUT2D eigenvalue weighted by Gasteiger charge is 2.19. The quantitative estimate of drug-likeness (QED) is 0.728. The van der Waals surface area contributed by atoms with E-state index in [0.717, 1.165) is 17.7 Å². The van der Waals surface area contributed by atoms with Crippen LogP contribution in [-0.4, -0.2) is 20.0 Å². The highest BCUT2D eigenvalue weighted by atomic mass is 79.9. The van der Waals surface area contributed by atoms with E-state index in [1.807, 2.05) is 12.1 Å². The number of aromatic nitrogens is 1. The molecule has 0 bridgehead atoms. The molecule has 112 valence electrons. The van der Waals surface area contributed by atoms with Crippen LogP contribution in [0.2, 0.25) is 0 Å². The summed E-state index contributed by atoms with van der Waals surface area (Å²) in [5.41, 5.74) is 1.03. The molecule has 4 nitrogen and oxygen atoms in total. The Morgan fingerprint density at radius 2 is 1.95 bits per heavy atom. The van der Waals surface area contributed by atoms with Crippen LogP contribution in [0.25, 0.3) is 0 Å². The van der Waals surface area contributed by atoms with Gasteiger partial charge in [0.2, 0.25) is 0 Å². The lowest BCUT2D eigenvalue weighted by Crippen LogP contribution is -2.04. The van der Waals surface area contributed by atoms with Gasteiger partial charge in [0, 0.05) is 35.6 Å². The summed E-state index contributed by atoms with van der Waals surface area (Å²) in [5.74, 6) is -0.738. The third-order valence-corrected chi connectivity index (χ3v) is 4.60. The van der Waals surface area contributed by atoms with Crippen LogP contribution in [0.3, 0.4) is 0 Å². The Labute approximate surface area is 134 Å². The number of rotatable bonds is 5. The summed E-state index contributed by atoms with van der Waals surface area (Å²) in [6, 6.07) is 5.77. The smallest absolute Gasteiger partial charge is 0.264 e. The summed E-state index contributed by atoms with van der Waals surface area (Å²) in [5, 5.41) is 0. The molecule has 1 heterocycles. The van der Waals surface area contributed by atoms with E-state index in [4.69, 9.17) is 15.4 Å². The second-order valence-corrected chi connectivity index (χ2v) is 7.49. The molecule has 1 aromatic heterocycles. The normalized spacial score (nSPS) is 11.4. The van der Waals surface area contributed by atoms with Crippen molar-refractivity contribution in [3.63, 3.8) is 0 Å². The molecule has 0 fully saturated rings. The van der Waals surface area contributed by atoms with Crippen molar-refractivity contribution in [3.8, 4) is 5.75 Å². The maximum Gasteiger partial charge on any atom is 0.264 e. The minimum Gasteiger partial charge on any atom is -0.492 e. The van der Waals surface area contributed by atoms with Gasteiger partial charge in [-0.2, -0.15) is 0 Å². The van der Waals surface area contributed by atoms with Gasteiger partial charge in [0.15, 0.2) is 0 Å². The minimum atomic E-state index is -4.13. The Bertz CT molecular complexity index is 741. The molecule has 0 aliphatic rings. The zero-order valence-corrected chi connectivity index (χ0v) is 13.8. The SMILES string of the molecule is O=S(=O)(Cl)c1cc(Br)c(OCCc2ccncc2)cc1F. The summed E-state index contributed by atoms with van der Waals surface area (Å²) < 4.78 is 41.8. The monoisotopic (exact) mass is 393 g/mol. The van der Waals surface area contributed by atoms with Crippen molar-refractivity contribution < 1.29 is 17.5 Å². The van der Waals surface area contributed by atoms with E-state index in [-0.39, 0.29) is 5.75 Å². The Morgan fingerprint density at radius 1 is 1.29 bits per heavy atom. The molecule has 0 saturated carbocycles. The van der Waals surface area contributed by atoms with Crippen molar-refractivity contribution in [2.45, 2.75) is 11.3 Å². The first kappa shape index (κ1) is 16.2. The molecule has 2 rings (SSSR count). The topological polar surface area (TPSA) is 56.3 Å². The zero-order chi connectivity index (χ0) is 15.5. The van der Waals surface area contributed by atoms with Crippen molar-refractivity contribution >= 4 is 35.7 Å². The zero-order valence-electron chi connectivity index (χ0n) is 10.6. The van der Waals surface area contributed by atoms with E-state index in [9.17, 15) is 12.8 Å². The molecule has 0 amide bonds. The van der Waals surface area contributed by atoms with E-state index >= 15 is 0 Å². The predicted octanol–water partition coefficient (Wildman–Crippen LogP) is 3.53. The highest BCUT2D eigenvalue weighted by molar-refractivity contribution is 9.10. The van der Waals surface area contributed by atoms with E-state index in [1.54, 1.807) is 12.4 Å². The molecular weight excluding hydrogens is 385 g/mol. The third-order valence-electron chi connectivity index (χ3n) is 2.65. The van der Waals surface area contributed by atoms with Gasteiger partial charge in [0.1, 0.15) is 16.5 Å². The molecule has 0 aliphatic carbocycles. The fourth-order valence-corrected chi connectivity index (χ4v) is 3.15. The van der Waals surface area contributed by atoms with Crippen molar-refractivity contribution in [1.29, 1.82) is 0 Å². The molecule has 1 aromatic carbocycles. The molecule has 0 saturated heterocycles. The van der Waals surface area contributed by atoms with Gasteiger partial charge in [-0.1, -0.05) is 0 Å². The molecule has 0 atom stereocenters. The largest absolute Gasteiger partial charge is 0.492 e. The molecule has 8 heteroatoms. The Morgan fingerprint density at radius 3 is 2.57 bits per heavy atom. The molecule has 21 heavy (non-hydrogen) atoms. The molecule has 0 unspecified atom stereocenters. The van der Waals surface area contributed by atoms with E-state index < -0.39 is 19.8 Å². The van der Waals surface area contributed by atoms with Crippen LogP contribution in [-0.2, 0) is 15.5 Å². The van der Waals surface area contributed by atoms with Crippen LogP contribution in [0.1, 0.15) is 5.56 Å². The summed E-state index contributed by atoms with van der Waals surface area (Å²) >= 11 is 3.14. The van der Waals surface area contributed by atoms with Crippen molar-refractivity contribution in [1.82, 2.24) is 4.98 Å². The maximum atomic E-state index is 13.7. The van der Waals surface area contributed by atoms with Crippen LogP contribution in [0, 0.1) is 5.82 Å². The first-order valence-electron chi connectivity index (χ1n) is 5.83. The van der Waals surface area contributed by atoms with Gasteiger partial charge in [0.25, 0.3) is 9.05 Å². The van der Waals surface area contributed by atoms with E-state index in [0.29, 0.717) is 17.5 Å². The second-order valence-electron chi connectivity index (χ2n) is 4.10. The molecule has 0 radical (unpaired) electrons. The summed E-state index contributed by atoms with van der Waals surface area (Å²) in [6.45, 7) is 0.315. The van der Waals surface area contributed by atoms with Gasteiger partial charge < -0.3 is 4.74 Å². The average Bonchev–Trinajstić information content (AvgIpc) is 2.42. The summed E-state index contributed by atoms with van der Waals surface area (Å²) in [6.07, 6.45) is 3.96. The average molecular weight is 395 g/mol. The van der Waals surface area contributed by atoms with Gasteiger partial charge in [-0.3, -0.25) is 4.98 Å². The van der Waals surface area contributed by atoms with Crippen LogP contribution in [0.15, 0.2) is 46.0 Å². The number of benzene rings is 1. The maximum absolute atomic E-state index is 13.7. The summed E-state index contributed by atoms with van der Waals surface area (Å²) in [4.78, 5) is 3.32. The van der Waals surface area contributed by atoms with Crippen LogP contribution < -0.4 is 4.74 Å². The Balaban J connectivity index is 2.09. The first-order valence-corrected chi connectivity index (χ1v) is 8.93. The van der Waals surface area contributed by atoms with Gasteiger partial charge in [0.05, 0.1) is 11.1 Å². The first-order chi connectivity index (χ1) is 9.88. The van der Waals surface area contributed by atoms with E-state index in [1.165, 1.54) is 0 Å². The van der Waals surface area contributed by atoms with Crippen LogP contribution in [0.5, 0.6) is 5.75 Å². The number of nitrogens with zero attached hydrogens (tertiary/aromatic N) is 1. The second kappa shape index (κ2) is 6.72. The number of hydrogen-bond donors (Lipinski definition) is 0. The minimum absolute atomic E-state index is 0.214. The van der Waals surface area contributed by atoms with E-state index in [2.05, 4.69) is 20.9 Å². The number of pyridine rings is 1. The van der Waals surface area contributed by atoms with Gasteiger partial charge in [-0.05, 0) is 39.7 Å². The third kappa shape index (κ3) is 4.39. The molecule has 0 N–H and O–H groups in total. The predicted molar refractivity (Wildman–Crippen MR) is 80.6 cm³/mol. The van der Waals surface area contributed by atoms with Gasteiger partial charge in [-0.25, -0.2) is 12.8 Å². The summed E-state index contributed by atoms with van der Waals surface area (Å²) in [7, 11) is 1.01. The fraction of sp³-hybridized carbons (Fsp3) is 0.154. The van der Waals surface area contributed by atoms with Crippen LogP contribution >= 0.6 is 26.6 Å². The number of halogens is 3. The number of hydrogen-bond acceptors (Lipinski definition) is 4. The number of ether oxygens (including phenoxy) is 1. The van der Waals surface area contributed by atoms with Gasteiger partial charge >= 0.3 is 0 Å². The molecule has 0 spiro atoms. The standard InChI is InChI=1S/C13H10BrClFNO3S/c14-10-7-13(21(15,18)19)11(16)8-12(10)20-6-3-9-1-4-17-5-2-9/h1-2,4-5,7-8H,3,6H2. The van der Waals surface area contributed by atoms with Crippen LogP contribution in [0.4, 0.5) is 4.39 Å².